The molecule has 3 heterocycles. The summed E-state index contributed by atoms with van der Waals surface area (Å²) in [6, 6.07) is 8.85. The van der Waals surface area contributed by atoms with Gasteiger partial charge in [0.2, 0.25) is 5.91 Å². The number of anilines is 1. The third-order valence-electron chi connectivity index (χ3n) is 5.38. The summed E-state index contributed by atoms with van der Waals surface area (Å²) in [6.07, 6.45) is 3.19. The van der Waals surface area contributed by atoms with Crippen LogP contribution in [0.25, 0.3) is 0 Å². The lowest BCUT2D eigenvalue weighted by Gasteiger charge is -2.31. The van der Waals surface area contributed by atoms with Gasteiger partial charge in [0, 0.05) is 31.6 Å². The number of carbonyl (C=O) groups excluding carboxylic acids is 2. The Kier molecular flexibility index (Phi) is 6.93. The zero-order valence-electron chi connectivity index (χ0n) is 16.9. The Morgan fingerprint density at radius 1 is 1.03 bits per heavy atom. The van der Waals surface area contributed by atoms with E-state index in [0.29, 0.717) is 18.9 Å². The number of carbonyl (C=O) groups is 2. The molecule has 0 saturated carbocycles. The van der Waals surface area contributed by atoms with Gasteiger partial charge in [-0.25, -0.2) is 10.4 Å². The molecule has 2 fully saturated rings. The molecule has 0 aliphatic carbocycles. The maximum Gasteiger partial charge on any atom is 0.284 e. The number of benzene rings is 1. The molecule has 2 amide bonds. The average Bonchev–Trinajstić information content (AvgIpc) is 3.31. The summed E-state index contributed by atoms with van der Waals surface area (Å²) < 4.78 is 5.36. The predicted octanol–water partition coefficient (Wildman–Crippen LogP) is 1.97. The lowest BCUT2D eigenvalue weighted by molar-refractivity contribution is -0.134. The number of piperidine rings is 1. The Hall–Kier alpha value is -2.49. The molecule has 1 unspecified atom stereocenters. The minimum Gasteiger partial charge on any atom is -0.378 e. The minimum absolute atomic E-state index is 0.0199. The van der Waals surface area contributed by atoms with Crippen molar-refractivity contribution in [2.24, 2.45) is 0 Å². The van der Waals surface area contributed by atoms with Crippen molar-refractivity contribution < 1.29 is 14.3 Å². The van der Waals surface area contributed by atoms with Gasteiger partial charge >= 0.3 is 0 Å². The highest BCUT2D eigenvalue weighted by molar-refractivity contribution is 7.13. The first kappa shape index (κ1) is 20.8. The van der Waals surface area contributed by atoms with Crippen LogP contribution in [0.1, 0.15) is 41.4 Å². The molecule has 9 heteroatoms. The highest BCUT2D eigenvalue weighted by Gasteiger charge is 2.27. The van der Waals surface area contributed by atoms with Gasteiger partial charge in [0.25, 0.3) is 5.91 Å². The smallest absolute Gasteiger partial charge is 0.284 e. The first-order valence-corrected chi connectivity index (χ1v) is 11.3. The topological polar surface area (TPSA) is 86.8 Å². The SMILES string of the molecule is O=C(NNC(C(=O)N1CCCCC1)c1ccccc1)c1csc(N2CCOCC2)n1. The van der Waals surface area contributed by atoms with Crippen molar-refractivity contribution in [3.63, 3.8) is 0 Å². The average molecular weight is 430 g/mol. The summed E-state index contributed by atoms with van der Waals surface area (Å²) in [6.45, 7) is 4.39. The molecule has 30 heavy (non-hydrogen) atoms. The van der Waals surface area contributed by atoms with Gasteiger partial charge in [0.1, 0.15) is 11.7 Å². The minimum atomic E-state index is -0.634. The van der Waals surface area contributed by atoms with Gasteiger partial charge in [-0.1, -0.05) is 30.3 Å². The molecular weight excluding hydrogens is 402 g/mol. The van der Waals surface area contributed by atoms with E-state index in [9.17, 15) is 9.59 Å². The Labute approximate surface area is 180 Å². The monoisotopic (exact) mass is 429 g/mol. The number of likely N-dealkylation sites (tertiary alicyclic amines) is 1. The van der Waals surface area contributed by atoms with Crippen molar-refractivity contribution in [2.75, 3.05) is 44.3 Å². The van der Waals surface area contributed by atoms with Crippen molar-refractivity contribution in [2.45, 2.75) is 25.3 Å². The molecule has 2 aliphatic heterocycles. The molecule has 1 aromatic carbocycles. The molecule has 160 valence electrons. The standard InChI is InChI=1S/C21H27N5O3S/c27-19(17-15-30-21(22-17)26-11-13-29-14-12-26)24-23-18(16-7-3-1-4-8-16)20(28)25-9-5-2-6-10-25/h1,3-4,7-8,15,18,23H,2,5-6,9-14H2,(H,24,27). The van der Waals surface area contributed by atoms with Gasteiger partial charge < -0.3 is 14.5 Å². The number of ether oxygens (including phenoxy) is 1. The molecule has 2 aliphatic rings. The molecule has 2 aromatic rings. The van der Waals surface area contributed by atoms with Gasteiger partial charge in [-0.15, -0.1) is 11.3 Å². The zero-order chi connectivity index (χ0) is 20.8. The number of nitrogens with one attached hydrogen (secondary N) is 2. The van der Waals surface area contributed by atoms with Crippen molar-refractivity contribution in [1.82, 2.24) is 20.7 Å². The van der Waals surface area contributed by atoms with Crippen LogP contribution >= 0.6 is 11.3 Å². The second-order valence-electron chi connectivity index (χ2n) is 7.44. The van der Waals surface area contributed by atoms with E-state index in [2.05, 4.69) is 20.7 Å². The van der Waals surface area contributed by atoms with E-state index in [4.69, 9.17) is 4.74 Å². The number of morpholine rings is 1. The van der Waals surface area contributed by atoms with Crippen LogP contribution in [-0.4, -0.2) is 61.1 Å². The van der Waals surface area contributed by atoms with Gasteiger partial charge in [0.15, 0.2) is 5.13 Å². The first-order valence-electron chi connectivity index (χ1n) is 10.4. The third-order valence-corrected chi connectivity index (χ3v) is 6.29. The molecular formula is C21H27N5O3S. The second kappa shape index (κ2) is 10.0. The normalized spacial score (nSPS) is 18.1. The van der Waals surface area contributed by atoms with Crippen molar-refractivity contribution in [3.05, 3.63) is 47.0 Å². The maximum absolute atomic E-state index is 13.1. The lowest BCUT2D eigenvalue weighted by Crippen LogP contribution is -2.49. The third kappa shape index (κ3) is 4.97. The van der Waals surface area contributed by atoms with E-state index < -0.39 is 6.04 Å². The van der Waals surface area contributed by atoms with Crippen LogP contribution in [0.4, 0.5) is 5.13 Å². The quantitative estimate of drug-likeness (QED) is 0.683. The number of hydrogen-bond acceptors (Lipinski definition) is 7. The Balaban J connectivity index is 1.42. The van der Waals surface area contributed by atoms with Crippen LogP contribution in [0, 0.1) is 0 Å². The molecule has 8 nitrogen and oxygen atoms in total. The van der Waals surface area contributed by atoms with Gasteiger partial charge in [-0.2, -0.15) is 0 Å². The molecule has 0 spiro atoms. The molecule has 2 N–H and O–H groups in total. The van der Waals surface area contributed by atoms with Crippen molar-refractivity contribution in [3.8, 4) is 0 Å². The molecule has 0 radical (unpaired) electrons. The Morgan fingerprint density at radius 2 is 1.77 bits per heavy atom. The summed E-state index contributed by atoms with van der Waals surface area (Å²) >= 11 is 1.44. The largest absolute Gasteiger partial charge is 0.378 e. The Morgan fingerprint density at radius 3 is 2.50 bits per heavy atom. The van der Waals surface area contributed by atoms with Crippen LogP contribution in [0.3, 0.4) is 0 Å². The number of aromatic nitrogens is 1. The van der Waals surface area contributed by atoms with Crippen LogP contribution in [-0.2, 0) is 9.53 Å². The summed E-state index contributed by atoms with van der Waals surface area (Å²) in [5.74, 6) is -0.369. The van der Waals surface area contributed by atoms with Crippen LogP contribution in [0.2, 0.25) is 0 Å². The van der Waals surface area contributed by atoms with Gasteiger partial charge in [0.05, 0.1) is 13.2 Å². The van der Waals surface area contributed by atoms with E-state index in [0.717, 1.165) is 56.1 Å². The number of hydrogen-bond donors (Lipinski definition) is 2. The predicted molar refractivity (Wildman–Crippen MR) is 115 cm³/mol. The maximum atomic E-state index is 13.1. The lowest BCUT2D eigenvalue weighted by atomic mass is 10.0. The fourth-order valence-corrected chi connectivity index (χ4v) is 4.56. The number of hydrazine groups is 1. The van der Waals surface area contributed by atoms with Gasteiger partial charge in [-0.3, -0.25) is 15.0 Å². The van der Waals surface area contributed by atoms with Crippen molar-refractivity contribution in [1.29, 1.82) is 0 Å². The van der Waals surface area contributed by atoms with Crippen LogP contribution < -0.4 is 15.8 Å². The summed E-state index contributed by atoms with van der Waals surface area (Å²) in [7, 11) is 0. The van der Waals surface area contributed by atoms with E-state index in [1.807, 2.05) is 35.2 Å². The van der Waals surface area contributed by atoms with Gasteiger partial charge in [-0.05, 0) is 24.8 Å². The highest BCUT2D eigenvalue weighted by Crippen LogP contribution is 2.22. The fourth-order valence-electron chi connectivity index (χ4n) is 3.70. The molecule has 1 aromatic heterocycles. The Bertz CT molecular complexity index is 847. The van der Waals surface area contributed by atoms with E-state index in [1.165, 1.54) is 11.3 Å². The number of nitrogens with zero attached hydrogens (tertiary/aromatic N) is 3. The van der Waals surface area contributed by atoms with E-state index >= 15 is 0 Å². The fraction of sp³-hybridized carbons (Fsp3) is 0.476. The number of thiazole rings is 1. The second-order valence-corrected chi connectivity index (χ2v) is 8.28. The number of amides is 2. The molecule has 1 atom stereocenters. The van der Waals surface area contributed by atoms with Crippen LogP contribution in [0.5, 0.6) is 0 Å². The van der Waals surface area contributed by atoms with E-state index in [1.54, 1.807) is 5.38 Å². The van der Waals surface area contributed by atoms with E-state index in [-0.39, 0.29) is 11.8 Å². The summed E-state index contributed by atoms with van der Waals surface area (Å²) in [5.41, 5.74) is 6.82. The first-order chi connectivity index (χ1) is 14.7. The molecule has 4 rings (SSSR count). The number of rotatable bonds is 6. The van der Waals surface area contributed by atoms with Crippen LogP contribution in [0.15, 0.2) is 35.7 Å². The molecule has 2 saturated heterocycles. The summed E-state index contributed by atoms with van der Waals surface area (Å²) in [5, 5.41) is 2.55. The highest BCUT2D eigenvalue weighted by atomic mass is 32.1. The zero-order valence-corrected chi connectivity index (χ0v) is 17.7. The van der Waals surface area contributed by atoms with Crippen molar-refractivity contribution >= 4 is 28.3 Å². The summed E-state index contributed by atoms with van der Waals surface area (Å²) in [4.78, 5) is 34.3. The molecule has 0 bridgehead atoms.